The van der Waals surface area contributed by atoms with E-state index in [0.29, 0.717) is 5.02 Å². The van der Waals surface area contributed by atoms with Crippen molar-refractivity contribution in [2.75, 3.05) is 31.1 Å². The summed E-state index contributed by atoms with van der Waals surface area (Å²) < 4.78 is 0. The molecule has 1 saturated heterocycles. The number of hydrogen-bond donors (Lipinski definition) is 0. The van der Waals surface area contributed by atoms with Gasteiger partial charge in [-0.2, -0.15) is 0 Å². The third-order valence-electron chi connectivity index (χ3n) is 5.90. The molecule has 5 nitrogen and oxygen atoms in total. The predicted molar refractivity (Wildman–Crippen MR) is 123 cm³/mol. The molecule has 2 amide bonds. The van der Waals surface area contributed by atoms with Gasteiger partial charge in [0.1, 0.15) is 18.1 Å². The number of anilines is 1. The van der Waals surface area contributed by atoms with Gasteiger partial charge >= 0.3 is 0 Å². The van der Waals surface area contributed by atoms with Crippen molar-refractivity contribution in [2.24, 2.45) is 4.99 Å². The first kappa shape index (κ1) is 21.1. The summed E-state index contributed by atoms with van der Waals surface area (Å²) in [4.78, 5) is 35.5. The molecule has 0 aliphatic carbocycles. The Morgan fingerprint density at radius 1 is 1.13 bits per heavy atom. The Labute approximate surface area is 186 Å². The number of nitrogens with zero attached hydrogens (tertiary/aromatic N) is 3. The van der Waals surface area contributed by atoms with Gasteiger partial charge in [-0.15, -0.1) is 11.3 Å². The first-order chi connectivity index (χ1) is 14.5. The van der Waals surface area contributed by atoms with Crippen LogP contribution in [0.5, 0.6) is 0 Å². The number of aliphatic imine (C=N–C) groups is 1. The van der Waals surface area contributed by atoms with Crippen LogP contribution >= 0.6 is 22.9 Å². The van der Waals surface area contributed by atoms with E-state index in [4.69, 9.17) is 11.6 Å². The number of benzene rings is 1. The maximum atomic E-state index is 13.1. The van der Waals surface area contributed by atoms with E-state index >= 15 is 0 Å². The van der Waals surface area contributed by atoms with E-state index in [0.717, 1.165) is 71.1 Å². The number of hydrogen-bond acceptors (Lipinski definition) is 4. The third-order valence-corrected chi connectivity index (χ3v) is 7.46. The quantitative estimate of drug-likeness (QED) is 0.695. The second-order valence-corrected chi connectivity index (χ2v) is 9.49. The zero-order chi connectivity index (χ0) is 21.3. The average molecular weight is 444 g/mol. The Morgan fingerprint density at radius 2 is 1.83 bits per heavy atom. The molecule has 0 spiro atoms. The van der Waals surface area contributed by atoms with Crippen molar-refractivity contribution in [2.45, 2.75) is 39.5 Å². The Balaban J connectivity index is 1.72. The Hall–Kier alpha value is -2.18. The standard InChI is InChI=1S/C23H26ClN3O2S/c1-15-16(2)30-23-21(15)22(17-9-5-6-10-18(17)24)25-13-19(28)27(23)14-20(29)26-11-7-3-4-8-12-26/h5-6,9-10H,3-4,7-8,11-14H2,1-2H3. The molecule has 1 aromatic carbocycles. The summed E-state index contributed by atoms with van der Waals surface area (Å²) in [5.74, 6) is -0.135. The van der Waals surface area contributed by atoms with Gasteiger partial charge in [-0.05, 0) is 38.3 Å². The average Bonchev–Trinajstić information content (AvgIpc) is 2.93. The summed E-state index contributed by atoms with van der Waals surface area (Å²) in [6.07, 6.45) is 4.38. The molecule has 2 aliphatic rings. The highest BCUT2D eigenvalue weighted by molar-refractivity contribution is 7.17. The van der Waals surface area contributed by atoms with E-state index in [9.17, 15) is 9.59 Å². The maximum Gasteiger partial charge on any atom is 0.249 e. The van der Waals surface area contributed by atoms with Gasteiger partial charge in [0.2, 0.25) is 11.8 Å². The topological polar surface area (TPSA) is 53.0 Å². The number of carbonyl (C=O) groups excluding carboxylic acids is 2. The molecule has 0 N–H and O–H groups in total. The summed E-state index contributed by atoms with van der Waals surface area (Å²) >= 11 is 8.02. The van der Waals surface area contributed by atoms with Crippen LogP contribution in [0, 0.1) is 13.8 Å². The number of likely N-dealkylation sites (tertiary alicyclic amines) is 1. The molecule has 30 heavy (non-hydrogen) atoms. The van der Waals surface area contributed by atoms with Gasteiger partial charge in [-0.25, -0.2) is 0 Å². The fraction of sp³-hybridized carbons (Fsp3) is 0.435. The molecule has 3 heterocycles. The largest absolute Gasteiger partial charge is 0.341 e. The van der Waals surface area contributed by atoms with E-state index in [1.807, 2.05) is 43.0 Å². The molecule has 2 aromatic rings. The van der Waals surface area contributed by atoms with Gasteiger partial charge in [0.05, 0.1) is 5.71 Å². The van der Waals surface area contributed by atoms with Crippen molar-refractivity contribution >= 4 is 45.5 Å². The number of halogens is 1. The summed E-state index contributed by atoms with van der Waals surface area (Å²) in [6.45, 7) is 5.71. The third kappa shape index (κ3) is 4.03. The number of aryl methyl sites for hydroxylation is 1. The SMILES string of the molecule is Cc1sc2c(c1C)C(c1ccccc1Cl)=NCC(=O)N2CC(=O)N1CCCCCC1. The molecule has 158 valence electrons. The van der Waals surface area contributed by atoms with Crippen LogP contribution in [-0.2, 0) is 9.59 Å². The van der Waals surface area contributed by atoms with Crippen molar-refractivity contribution in [3.63, 3.8) is 0 Å². The van der Waals surface area contributed by atoms with E-state index in [1.54, 1.807) is 16.2 Å². The highest BCUT2D eigenvalue weighted by Gasteiger charge is 2.32. The lowest BCUT2D eigenvalue weighted by molar-refractivity contribution is -0.131. The van der Waals surface area contributed by atoms with Gasteiger partial charge in [0.25, 0.3) is 0 Å². The molecule has 0 bridgehead atoms. The molecular formula is C23H26ClN3O2S. The minimum Gasteiger partial charge on any atom is -0.341 e. The van der Waals surface area contributed by atoms with Crippen molar-refractivity contribution < 1.29 is 9.59 Å². The highest BCUT2D eigenvalue weighted by atomic mass is 35.5. The molecule has 7 heteroatoms. The van der Waals surface area contributed by atoms with Crippen LogP contribution in [0.25, 0.3) is 0 Å². The minimum absolute atomic E-state index is 0.00766. The maximum absolute atomic E-state index is 13.1. The van der Waals surface area contributed by atoms with Crippen LogP contribution < -0.4 is 4.90 Å². The normalized spacial score (nSPS) is 17.3. The lowest BCUT2D eigenvalue weighted by Gasteiger charge is -2.25. The Kier molecular flexibility index (Phi) is 6.25. The van der Waals surface area contributed by atoms with Crippen LogP contribution in [-0.4, -0.2) is 48.6 Å². The number of fused-ring (bicyclic) bond motifs is 1. The second kappa shape index (κ2) is 8.90. The predicted octanol–water partition coefficient (Wildman–Crippen LogP) is 4.60. The van der Waals surface area contributed by atoms with E-state index in [-0.39, 0.29) is 24.9 Å². The molecule has 0 atom stereocenters. The number of thiophene rings is 1. The van der Waals surface area contributed by atoms with E-state index < -0.39 is 0 Å². The van der Waals surface area contributed by atoms with Gasteiger partial charge in [0.15, 0.2) is 0 Å². The monoisotopic (exact) mass is 443 g/mol. The van der Waals surface area contributed by atoms with Crippen molar-refractivity contribution in [3.05, 3.63) is 50.9 Å². The second-order valence-electron chi connectivity index (χ2n) is 7.88. The molecule has 4 rings (SSSR count). The number of amides is 2. The van der Waals surface area contributed by atoms with Gasteiger partial charge in [-0.3, -0.25) is 19.5 Å². The summed E-state index contributed by atoms with van der Waals surface area (Å²) in [5, 5.41) is 1.40. The van der Waals surface area contributed by atoms with E-state index in [1.165, 1.54) is 0 Å². The van der Waals surface area contributed by atoms with Gasteiger partial charge in [-0.1, -0.05) is 42.6 Å². The van der Waals surface area contributed by atoms with Crippen LogP contribution in [0.2, 0.25) is 5.02 Å². The van der Waals surface area contributed by atoms with Gasteiger partial charge in [0, 0.05) is 34.1 Å². The van der Waals surface area contributed by atoms with Gasteiger partial charge < -0.3 is 4.90 Å². The number of carbonyl (C=O) groups is 2. The zero-order valence-corrected chi connectivity index (χ0v) is 19.0. The van der Waals surface area contributed by atoms with Crippen molar-refractivity contribution in [3.8, 4) is 0 Å². The highest BCUT2D eigenvalue weighted by Crippen LogP contribution is 2.39. The Bertz CT molecular complexity index is 1010. The molecule has 2 aliphatic heterocycles. The first-order valence-corrected chi connectivity index (χ1v) is 11.6. The fourth-order valence-corrected chi connectivity index (χ4v) is 5.49. The summed E-state index contributed by atoms with van der Waals surface area (Å²) in [6, 6.07) is 7.57. The molecule has 1 aromatic heterocycles. The smallest absolute Gasteiger partial charge is 0.249 e. The molecule has 1 fully saturated rings. The minimum atomic E-state index is -0.150. The van der Waals surface area contributed by atoms with E-state index in [2.05, 4.69) is 4.99 Å². The summed E-state index contributed by atoms with van der Waals surface area (Å²) in [5.41, 5.74) is 3.54. The lowest BCUT2D eigenvalue weighted by Crippen LogP contribution is -2.43. The molecule has 0 radical (unpaired) electrons. The first-order valence-electron chi connectivity index (χ1n) is 10.4. The van der Waals surface area contributed by atoms with Crippen molar-refractivity contribution in [1.82, 2.24) is 4.90 Å². The van der Waals surface area contributed by atoms with Crippen LogP contribution in [0.3, 0.4) is 0 Å². The lowest BCUT2D eigenvalue weighted by atomic mass is 10.00. The number of rotatable bonds is 3. The summed E-state index contributed by atoms with van der Waals surface area (Å²) in [7, 11) is 0. The van der Waals surface area contributed by atoms with Crippen LogP contribution in [0.1, 0.15) is 47.3 Å². The fourth-order valence-electron chi connectivity index (χ4n) is 4.09. The molecular weight excluding hydrogens is 418 g/mol. The Morgan fingerprint density at radius 3 is 2.53 bits per heavy atom. The molecule has 0 saturated carbocycles. The zero-order valence-electron chi connectivity index (χ0n) is 17.4. The molecule has 0 unspecified atom stereocenters. The van der Waals surface area contributed by atoms with Crippen LogP contribution in [0.4, 0.5) is 5.00 Å². The van der Waals surface area contributed by atoms with Crippen molar-refractivity contribution in [1.29, 1.82) is 0 Å². The van der Waals surface area contributed by atoms with Crippen LogP contribution in [0.15, 0.2) is 29.3 Å².